The summed E-state index contributed by atoms with van der Waals surface area (Å²) in [6, 6.07) is 7.66. The Labute approximate surface area is 130 Å². The van der Waals surface area contributed by atoms with Crippen LogP contribution >= 0.6 is 0 Å². The first kappa shape index (κ1) is 14.8. The molecule has 3 fully saturated rings. The summed E-state index contributed by atoms with van der Waals surface area (Å²) in [6.45, 7) is 3.29. The largest absolute Gasteiger partial charge is 0.348 e. The second kappa shape index (κ2) is 6.75. The highest BCUT2D eigenvalue weighted by atomic mass is 16.1. The van der Waals surface area contributed by atoms with Gasteiger partial charge in [0.15, 0.2) is 0 Å². The smallest absolute Gasteiger partial charge is 0.244 e. The van der Waals surface area contributed by atoms with Gasteiger partial charge in [0.05, 0.1) is 0 Å². The van der Waals surface area contributed by atoms with Crippen molar-refractivity contribution in [3.8, 4) is 0 Å². The van der Waals surface area contributed by atoms with Crippen molar-refractivity contribution >= 4 is 24.1 Å². The molecule has 0 spiro atoms. The lowest BCUT2D eigenvalue weighted by atomic mass is 9.84. The Hall–Kier alpha value is -2.14. The summed E-state index contributed by atoms with van der Waals surface area (Å²) in [5.74, 6) is 0.547. The number of amides is 2. The third kappa shape index (κ3) is 3.36. The molecule has 0 aromatic heterocycles. The summed E-state index contributed by atoms with van der Waals surface area (Å²) in [7, 11) is 0. The number of hydrogen-bond acceptors (Lipinski definition) is 3. The van der Waals surface area contributed by atoms with Gasteiger partial charge in [-0.05, 0) is 49.6 Å². The molecule has 2 bridgehead atoms. The van der Waals surface area contributed by atoms with Crippen LogP contribution in [0.3, 0.4) is 0 Å². The van der Waals surface area contributed by atoms with Crippen LogP contribution in [0.2, 0.25) is 0 Å². The van der Waals surface area contributed by atoms with E-state index in [1.54, 1.807) is 18.2 Å². The number of piperidine rings is 3. The van der Waals surface area contributed by atoms with E-state index in [1.165, 1.54) is 12.8 Å². The van der Waals surface area contributed by atoms with Crippen molar-refractivity contribution in [2.75, 3.05) is 25.0 Å². The molecule has 5 heteroatoms. The number of nitrogens with one attached hydrogen (secondary N) is 2. The Morgan fingerprint density at radius 2 is 2.00 bits per heavy atom. The minimum atomic E-state index is -0.0698. The Bertz CT molecular complexity index is 577. The van der Waals surface area contributed by atoms with Crippen LogP contribution in [0.25, 0.3) is 6.08 Å². The molecule has 1 aromatic carbocycles. The standard InChI is InChI=1S/C17H21N3O2/c21-12-18-15-4-2-1-3-13(15)5-6-17(22)19-16-11-20-9-7-14(16)8-10-20/h1-6,12,14,16H,7-11H2,(H,18,21)(H,19,22). The molecule has 2 N–H and O–H groups in total. The van der Waals surface area contributed by atoms with Crippen LogP contribution in [0.15, 0.2) is 30.3 Å². The zero-order chi connectivity index (χ0) is 15.4. The van der Waals surface area contributed by atoms with Gasteiger partial charge in [-0.3, -0.25) is 9.59 Å². The van der Waals surface area contributed by atoms with E-state index in [4.69, 9.17) is 0 Å². The summed E-state index contributed by atoms with van der Waals surface area (Å²) in [5, 5.41) is 5.75. The first-order valence-electron chi connectivity index (χ1n) is 7.76. The van der Waals surface area contributed by atoms with Gasteiger partial charge < -0.3 is 15.5 Å². The van der Waals surface area contributed by atoms with E-state index in [0.717, 1.165) is 25.2 Å². The third-order valence-electron chi connectivity index (χ3n) is 4.57. The van der Waals surface area contributed by atoms with Crippen LogP contribution in [0, 0.1) is 5.92 Å². The average molecular weight is 299 g/mol. The zero-order valence-electron chi connectivity index (χ0n) is 12.5. The summed E-state index contributed by atoms with van der Waals surface area (Å²) in [5.41, 5.74) is 1.52. The van der Waals surface area contributed by atoms with Gasteiger partial charge in [0.25, 0.3) is 0 Å². The van der Waals surface area contributed by atoms with Crippen molar-refractivity contribution < 1.29 is 9.59 Å². The molecule has 0 aliphatic carbocycles. The molecule has 0 radical (unpaired) electrons. The number of para-hydroxylation sites is 1. The van der Waals surface area contributed by atoms with Crippen LogP contribution in [0.4, 0.5) is 5.69 Å². The fraction of sp³-hybridized carbons (Fsp3) is 0.412. The van der Waals surface area contributed by atoms with Crippen molar-refractivity contribution in [1.82, 2.24) is 10.2 Å². The van der Waals surface area contributed by atoms with E-state index in [-0.39, 0.29) is 11.9 Å². The first-order valence-corrected chi connectivity index (χ1v) is 7.76. The van der Waals surface area contributed by atoms with Gasteiger partial charge in [0.1, 0.15) is 0 Å². The first-order chi connectivity index (χ1) is 10.8. The van der Waals surface area contributed by atoms with Crippen LogP contribution < -0.4 is 10.6 Å². The zero-order valence-corrected chi connectivity index (χ0v) is 12.5. The number of carbonyl (C=O) groups excluding carboxylic acids is 2. The third-order valence-corrected chi connectivity index (χ3v) is 4.57. The lowest BCUT2D eigenvalue weighted by molar-refractivity contribution is -0.118. The molecule has 2 amide bonds. The van der Waals surface area contributed by atoms with Gasteiger partial charge in [0, 0.05) is 24.4 Å². The van der Waals surface area contributed by atoms with Crippen LogP contribution in [-0.2, 0) is 9.59 Å². The monoisotopic (exact) mass is 299 g/mol. The second-order valence-electron chi connectivity index (χ2n) is 5.94. The Kier molecular flexibility index (Phi) is 4.53. The number of rotatable bonds is 5. The molecule has 22 heavy (non-hydrogen) atoms. The van der Waals surface area contributed by atoms with Crippen LogP contribution in [0.5, 0.6) is 0 Å². The van der Waals surface area contributed by atoms with Gasteiger partial charge in [-0.25, -0.2) is 0 Å². The molecule has 5 nitrogen and oxygen atoms in total. The second-order valence-corrected chi connectivity index (χ2v) is 5.94. The van der Waals surface area contributed by atoms with Gasteiger partial charge in [-0.1, -0.05) is 18.2 Å². The number of fused-ring (bicyclic) bond motifs is 3. The van der Waals surface area contributed by atoms with E-state index in [1.807, 2.05) is 18.2 Å². The van der Waals surface area contributed by atoms with Gasteiger partial charge >= 0.3 is 0 Å². The predicted octanol–water partition coefficient (Wildman–Crippen LogP) is 1.48. The Morgan fingerprint density at radius 1 is 1.23 bits per heavy atom. The van der Waals surface area contributed by atoms with Crippen molar-refractivity contribution in [3.63, 3.8) is 0 Å². The van der Waals surface area contributed by atoms with Gasteiger partial charge in [-0.15, -0.1) is 0 Å². The van der Waals surface area contributed by atoms with Gasteiger partial charge in [0.2, 0.25) is 12.3 Å². The molecule has 3 saturated heterocycles. The maximum atomic E-state index is 12.1. The molecular formula is C17H21N3O2. The quantitative estimate of drug-likeness (QED) is 0.639. The van der Waals surface area contributed by atoms with E-state index in [9.17, 15) is 9.59 Å². The lowest BCUT2D eigenvalue weighted by Crippen LogP contribution is -2.57. The van der Waals surface area contributed by atoms with E-state index in [0.29, 0.717) is 18.0 Å². The lowest BCUT2D eigenvalue weighted by Gasteiger charge is -2.44. The Morgan fingerprint density at radius 3 is 2.68 bits per heavy atom. The summed E-state index contributed by atoms with van der Waals surface area (Å²) in [4.78, 5) is 25.1. The SMILES string of the molecule is O=CNc1ccccc1C=CC(=O)NC1CN2CCC1CC2. The summed E-state index contributed by atoms with van der Waals surface area (Å²) in [6.07, 6.45) is 6.28. The van der Waals surface area contributed by atoms with Crippen molar-refractivity contribution in [2.24, 2.45) is 5.92 Å². The highest BCUT2D eigenvalue weighted by Crippen LogP contribution is 2.27. The molecule has 1 unspecified atom stereocenters. The summed E-state index contributed by atoms with van der Waals surface area (Å²) < 4.78 is 0. The summed E-state index contributed by atoms with van der Waals surface area (Å²) >= 11 is 0. The number of nitrogens with zero attached hydrogens (tertiary/aromatic N) is 1. The molecular weight excluding hydrogens is 278 g/mol. The molecule has 3 heterocycles. The fourth-order valence-corrected chi connectivity index (χ4v) is 3.36. The van der Waals surface area contributed by atoms with Crippen molar-refractivity contribution in [1.29, 1.82) is 0 Å². The van der Waals surface area contributed by atoms with Crippen LogP contribution in [0.1, 0.15) is 18.4 Å². The topological polar surface area (TPSA) is 61.4 Å². The minimum Gasteiger partial charge on any atom is -0.348 e. The molecule has 4 rings (SSSR count). The molecule has 3 aliphatic rings. The average Bonchev–Trinajstić information content (AvgIpc) is 2.55. The highest BCUT2D eigenvalue weighted by molar-refractivity contribution is 5.93. The van der Waals surface area contributed by atoms with Crippen molar-refractivity contribution in [3.05, 3.63) is 35.9 Å². The maximum Gasteiger partial charge on any atom is 0.244 e. The minimum absolute atomic E-state index is 0.0698. The van der Waals surface area contributed by atoms with Crippen LogP contribution in [-0.4, -0.2) is 42.9 Å². The van der Waals surface area contributed by atoms with E-state index in [2.05, 4.69) is 15.5 Å². The molecule has 0 saturated carbocycles. The maximum absolute atomic E-state index is 12.1. The van der Waals surface area contributed by atoms with Gasteiger partial charge in [-0.2, -0.15) is 0 Å². The number of anilines is 1. The molecule has 1 aromatic rings. The normalized spacial score (nSPS) is 26.8. The predicted molar refractivity (Wildman–Crippen MR) is 86.3 cm³/mol. The fourth-order valence-electron chi connectivity index (χ4n) is 3.36. The molecule has 116 valence electrons. The number of carbonyl (C=O) groups is 2. The highest BCUT2D eigenvalue weighted by Gasteiger charge is 2.34. The Balaban J connectivity index is 1.61. The van der Waals surface area contributed by atoms with E-state index >= 15 is 0 Å². The molecule has 3 aliphatic heterocycles. The number of hydrogen-bond donors (Lipinski definition) is 2. The number of benzene rings is 1. The van der Waals surface area contributed by atoms with Crippen molar-refractivity contribution in [2.45, 2.75) is 18.9 Å². The van der Waals surface area contributed by atoms with E-state index < -0.39 is 0 Å². The molecule has 1 atom stereocenters.